The number of halogens is 1. The Balaban J connectivity index is 2.08. The highest BCUT2D eigenvalue weighted by molar-refractivity contribution is 7.89. The fourth-order valence-corrected chi connectivity index (χ4v) is 3.47. The topological polar surface area (TPSA) is 75.7 Å². The second-order valence-corrected chi connectivity index (χ2v) is 8.54. The zero-order chi connectivity index (χ0) is 19.5. The van der Waals surface area contributed by atoms with E-state index in [0.717, 1.165) is 9.87 Å². The molecular formula is C18H21ClN2O4S. The van der Waals surface area contributed by atoms with Crippen molar-refractivity contribution in [2.75, 3.05) is 26.0 Å². The van der Waals surface area contributed by atoms with E-state index in [4.69, 9.17) is 16.3 Å². The van der Waals surface area contributed by atoms with Crippen LogP contribution in [0.1, 0.15) is 11.1 Å². The Morgan fingerprint density at radius 3 is 2.42 bits per heavy atom. The molecular weight excluding hydrogens is 376 g/mol. The van der Waals surface area contributed by atoms with Crippen LogP contribution in [-0.2, 0) is 14.8 Å². The van der Waals surface area contributed by atoms with Crippen LogP contribution in [0.2, 0.25) is 5.02 Å². The fraction of sp³-hybridized carbons (Fsp3) is 0.278. The summed E-state index contributed by atoms with van der Waals surface area (Å²) >= 11 is 5.95. The minimum absolute atomic E-state index is 0.148. The molecule has 0 radical (unpaired) electrons. The summed E-state index contributed by atoms with van der Waals surface area (Å²) in [6.45, 7) is 3.34. The monoisotopic (exact) mass is 396 g/mol. The number of rotatable bonds is 6. The first-order valence-corrected chi connectivity index (χ1v) is 9.65. The molecule has 0 aromatic heterocycles. The number of nitrogens with zero attached hydrogens (tertiary/aromatic N) is 1. The number of sulfonamides is 1. The van der Waals surface area contributed by atoms with Gasteiger partial charge in [-0.1, -0.05) is 17.7 Å². The highest BCUT2D eigenvalue weighted by atomic mass is 35.5. The number of benzene rings is 2. The molecule has 0 aliphatic carbocycles. The highest BCUT2D eigenvalue weighted by Crippen LogP contribution is 2.23. The lowest BCUT2D eigenvalue weighted by Gasteiger charge is -2.15. The molecule has 2 rings (SSSR count). The van der Waals surface area contributed by atoms with Crippen LogP contribution >= 0.6 is 11.6 Å². The summed E-state index contributed by atoms with van der Waals surface area (Å²) in [5.41, 5.74) is 1.84. The summed E-state index contributed by atoms with van der Waals surface area (Å²) in [6.07, 6.45) is 0. The lowest BCUT2D eigenvalue weighted by atomic mass is 10.2. The Morgan fingerprint density at radius 1 is 1.12 bits per heavy atom. The lowest BCUT2D eigenvalue weighted by molar-refractivity contribution is -0.118. The van der Waals surface area contributed by atoms with E-state index in [0.29, 0.717) is 22.0 Å². The first-order chi connectivity index (χ1) is 12.1. The molecule has 0 aliphatic rings. The number of aryl methyl sites for hydroxylation is 2. The number of nitrogens with one attached hydrogen (secondary N) is 1. The number of amides is 1. The molecule has 0 unspecified atom stereocenters. The third kappa shape index (κ3) is 4.75. The fourth-order valence-electron chi connectivity index (χ4n) is 2.21. The Bertz CT molecular complexity index is 927. The van der Waals surface area contributed by atoms with Crippen LogP contribution < -0.4 is 10.1 Å². The maximum absolute atomic E-state index is 12.3. The summed E-state index contributed by atoms with van der Waals surface area (Å²) in [7, 11) is -0.671. The third-order valence-corrected chi connectivity index (χ3v) is 6.11. The van der Waals surface area contributed by atoms with Crippen LogP contribution in [0, 0.1) is 13.8 Å². The van der Waals surface area contributed by atoms with E-state index in [1.165, 1.54) is 20.2 Å². The molecule has 0 aliphatic heterocycles. The van der Waals surface area contributed by atoms with E-state index in [9.17, 15) is 13.2 Å². The molecule has 2 aromatic carbocycles. The van der Waals surface area contributed by atoms with Crippen molar-refractivity contribution in [3.63, 3.8) is 0 Å². The SMILES string of the molecule is Cc1cc(OCC(=O)Nc2ccc(C)c(S(=O)(=O)N(C)C)c2)ccc1Cl. The average molecular weight is 397 g/mol. The van der Waals surface area contributed by atoms with Crippen LogP contribution in [0.15, 0.2) is 41.3 Å². The van der Waals surface area contributed by atoms with E-state index < -0.39 is 15.9 Å². The van der Waals surface area contributed by atoms with Gasteiger partial charge in [0.1, 0.15) is 5.75 Å². The van der Waals surface area contributed by atoms with Crippen molar-refractivity contribution in [2.24, 2.45) is 0 Å². The molecule has 0 saturated carbocycles. The molecule has 0 fully saturated rings. The van der Waals surface area contributed by atoms with E-state index in [1.807, 2.05) is 6.92 Å². The third-order valence-electron chi connectivity index (χ3n) is 3.73. The molecule has 1 N–H and O–H groups in total. The van der Waals surface area contributed by atoms with E-state index in [2.05, 4.69) is 5.32 Å². The maximum Gasteiger partial charge on any atom is 0.262 e. The van der Waals surface area contributed by atoms with Crippen molar-refractivity contribution < 1.29 is 17.9 Å². The molecule has 0 spiro atoms. The molecule has 0 atom stereocenters. The largest absolute Gasteiger partial charge is 0.484 e. The molecule has 0 heterocycles. The summed E-state index contributed by atoms with van der Waals surface area (Å²) in [5, 5.41) is 3.27. The zero-order valence-electron chi connectivity index (χ0n) is 15.0. The van der Waals surface area contributed by atoms with Crippen molar-refractivity contribution in [1.82, 2.24) is 4.31 Å². The number of hydrogen-bond acceptors (Lipinski definition) is 4. The van der Waals surface area contributed by atoms with Gasteiger partial charge in [-0.2, -0.15) is 0 Å². The van der Waals surface area contributed by atoms with Crippen LogP contribution in [0.25, 0.3) is 0 Å². The van der Waals surface area contributed by atoms with Crippen molar-refractivity contribution in [1.29, 1.82) is 0 Å². The lowest BCUT2D eigenvalue weighted by Crippen LogP contribution is -2.24. The first kappa shape index (κ1) is 20.2. The molecule has 0 bridgehead atoms. The first-order valence-electron chi connectivity index (χ1n) is 7.83. The van der Waals surface area contributed by atoms with Gasteiger partial charge in [0, 0.05) is 24.8 Å². The second kappa shape index (κ2) is 8.07. The zero-order valence-corrected chi connectivity index (χ0v) is 16.6. The second-order valence-electron chi connectivity index (χ2n) is 6.02. The van der Waals surface area contributed by atoms with Crippen LogP contribution in [0.3, 0.4) is 0 Å². The van der Waals surface area contributed by atoms with Gasteiger partial charge in [0.05, 0.1) is 4.90 Å². The predicted octanol–water partition coefficient (Wildman–Crippen LogP) is 3.22. The van der Waals surface area contributed by atoms with Gasteiger partial charge in [0.15, 0.2) is 6.61 Å². The van der Waals surface area contributed by atoms with Gasteiger partial charge < -0.3 is 10.1 Å². The quantitative estimate of drug-likeness (QED) is 0.813. The van der Waals surface area contributed by atoms with Gasteiger partial charge in [0.2, 0.25) is 10.0 Å². The van der Waals surface area contributed by atoms with Gasteiger partial charge >= 0.3 is 0 Å². The van der Waals surface area contributed by atoms with Crippen molar-refractivity contribution in [3.8, 4) is 5.75 Å². The molecule has 140 valence electrons. The number of carbonyl (C=O) groups excluding carboxylic acids is 1. The highest BCUT2D eigenvalue weighted by Gasteiger charge is 2.20. The Morgan fingerprint density at radius 2 is 1.81 bits per heavy atom. The van der Waals surface area contributed by atoms with E-state index in [1.54, 1.807) is 37.3 Å². The number of carbonyl (C=O) groups is 1. The molecule has 1 amide bonds. The molecule has 0 saturated heterocycles. The van der Waals surface area contributed by atoms with Gasteiger partial charge in [-0.15, -0.1) is 0 Å². The molecule has 6 nitrogen and oxygen atoms in total. The molecule has 26 heavy (non-hydrogen) atoms. The Hall–Kier alpha value is -2.09. The van der Waals surface area contributed by atoms with Gasteiger partial charge in [-0.25, -0.2) is 12.7 Å². The van der Waals surface area contributed by atoms with Crippen LogP contribution in [0.5, 0.6) is 5.75 Å². The van der Waals surface area contributed by atoms with Crippen molar-refractivity contribution in [2.45, 2.75) is 18.7 Å². The van der Waals surface area contributed by atoms with Gasteiger partial charge in [0.25, 0.3) is 5.91 Å². The van der Waals surface area contributed by atoms with Crippen LogP contribution in [-0.4, -0.2) is 39.3 Å². The normalized spacial score (nSPS) is 11.5. The molecule has 8 heteroatoms. The van der Waals surface area contributed by atoms with Crippen molar-refractivity contribution in [3.05, 3.63) is 52.5 Å². The minimum Gasteiger partial charge on any atom is -0.484 e. The van der Waals surface area contributed by atoms with Gasteiger partial charge in [-0.05, 0) is 55.3 Å². The Labute approximate surface area is 158 Å². The minimum atomic E-state index is -3.59. The maximum atomic E-state index is 12.3. The van der Waals surface area contributed by atoms with Crippen molar-refractivity contribution >= 4 is 33.2 Å². The number of ether oxygens (including phenoxy) is 1. The summed E-state index contributed by atoms with van der Waals surface area (Å²) in [4.78, 5) is 12.2. The summed E-state index contributed by atoms with van der Waals surface area (Å²) in [6, 6.07) is 9.85. The van der Waals surface area contributed by atoms with Crippen LogP contribution in [0.4, 0.5) is 5.69 Å². The van der Waals surface area contributed by atoms with E-state index in [-0.39, 0.29) is 11.5 Å². The Kier molecular flexibility index (Phi) is 6.28. The summed E-state index contributed by atoms with van der Waals surface area (Å²) < 4.78 is 31.2. The average Bonchev–Trinajstić information content (AvgIpc) is 2.57. The number of anilines is 1. The molecule has 2 aromatic rings. The summed E-state index contributed by atoms with van der Waals surface area (Å²) in [5.74, 6) is 0.136. The predicted molar refractivity (Wildman–Crippen MR) is 102 cm³/mol. The van der Waals surface area contributed by atoms with E-state index >= 15 is 0 Å². The standard InChI is InChI=1S/C18H21ClN2O4S/c1-12-5-6-14(10-17(12)26(23,24)21(3)4)20-18(22)11-25-15-7-8-16(19)13(2)9-15/h5-10H,11H2,1-4H3,(H,20,22). The van der Waals surface area contributed by atoms with Gasteiger partial charge in [-0.3, -0.25) is 4.79 Å². The number of hydrogen-bond donors (Lipinski definition) is 1. The smallest absolute Gasteiger partial charge is 0.262 e.